The van der Waals surface area contributed by atoms with Crippen LogP contribution in [-0.2, 0) is 6.61 Å². The van der Waals surface area contributed by atoms with Crippen molar-refractivity contribution in [3.8, 4) is 38.3 Å². The minimum absolute atomic E-state index is 0.349. The van der Waals surface area contributed by atoms with E-state index in [4.69, 9.17) is 9.72 Å². The molecule has 7 nitrogen and oxygen atoms in total. The lowest BCUT2D eigenvalue weighted by atomic mass is 10.1. The molecule has 0 spiro atoms. The van der Waals surface area contributed by atoms with Gasteiger partial charge in [0.25, 0.3) is 0 Å². The second-order valence-electron chi connectivity index (χ2n) is 7.94. The number of thiazole rings is 1. The fourth-order valence-corrected chi connectivity index (χ4v) is 5.11. The standard InChI is InChI=1S/C26H19FN6OS/c1-16-22(21-13-18(11-12-33(21)32-16)34-14-17-7-3-2-4-8-17)26-30-23(19-9-5-6-10-20(19)27)24(35-26)25-28-15-29-31-25/h2-13,15H,14H2,1H3,(H,28,29,31). The molecule has 0 aliphatic rings. The number of nitrogens with zero attached hydrogens (tertiary/aromatic N) is 5. The smallest absolute Gasteiger partial charge is 0.167 e. The monoisotopic (exact) mass is 482 g/mol. The maximum atomic E-state index is 14.7. The topological polar surface area (TPSA) is 81.0 Å². The number of aromatic nitrogens is 6. The number of fused-ring (bicyclic) bond motifs is 1. The van der Waals surface area contributed by atoms with Gasteiger partial charge in [0, 0.05) is 17.8 Å². The molecule has 0 aliphatic heterocycles. The third kappa shape index (κ3) is 3.95. The van der Waals surface area contributed by atoms with Crippen LogP contribution in [0.15, 0.2) is 79.3 Å². The van der Waals surface area contributed by atoms with Crippen molar-refractivity contribution >= 4 is 16.9 Å². The van der Waals surface area contributed by atoms with Gasteiger partial charge in [0.1, 0.15) is 29.5 Å². The Bertz CT molecular complexity index is 1630. The summed E-state index contributed by atoms with van der Waals surface area (Å²) in [4.78, 5) is 9.87. The average molecular weight is 483 g/mol. The van der Waals surface area contributed by atoms with Gasteiger partial charge in [-0.05, 0) is 30.7 Å². The van der Waals surface area contributed by atoms with Crippen LogP contribution in [0.25, 0.3) is 38.0 Å². The molecule has 0 saturated heterocycles. The maximum absolute atomic E-state index is 14.7. The van der Waals surface area contributed by atoms with E-state index in [0.29, 0.717) is 33.6 Å². The number of ether oxygens (including phenoxy) is 1. The normalized spacial score (nSPS) is 11.3. The molecule has 4 aromatic heterocycles. The Labute approximate surface area is 203 Å². The van der Waals surface area contributed by atoms with Crippen LogP contribution in [0.5, 0.6) is 5.75 Å². The molecule has 172 valence electrons. The summed E-state index contributed by atoms with van der Waals surface area (Å²) in [5.41, 5.74) is 4.53. The predicted molar refractivity (Wildman–Crippen MR) is 133 cm³/mol. The Morgan fingerprint density at radius 2 is 1.89 bits per heavy atom. The van der Waals surface area contributed by atoms with Gasteiger partial charge < -0.3 is 4.74 Å². The van der Waals surface area contributed by atoms with Crippen molar-refractivity contribution in [1.29, 1.82) is 0 Å². The predicted octanol–water partition coefficient (Wildman–Crippen LogP) is 5.94. The van der Waals surface area contributed by atoms with Crippen LogP contribution in [0.3, 0.4) is 0 Å². The summed E-state index contributed by atoms with van der Waals surface area (Å²) in [6.07, 6.45) is 3.30. The molecule has 0 saturated carbocycles. The molecule has 0 aliphatic carbocycles. The van der Waals surface area contributed by atoms with Gasteiger partial charge >= 0.3 is 0 Å². The van der Waals surface area contributed by atoms with E-state index in [2.05, 4.69) is 20.3 Å². The van der Waals surface area contributed by atoms with Gasteiger partial charge in [-0.15, -0.1) is 11.3 Å². The molecule has 6 rings (SSSR count). The van der Waals surface area contributed by atoms with E-state index in [0.717, 1.165) is 28.1 Å². The molecule has 0 bridgehead atoms. The van der Waals surface area contributed by atoms with Gasteiger partial charge in [-0.2, -0.15) is 10.2 Å². The number of nitrogens with one attached hydrogen (secondary N) is 1. The number of aryl methyl sites for hydroxylation is 1. The molecule has 4 heterocycles. The molecule has 0 unspecified atom stereocenters. The van der Waals surface area contributed by atoms with E-state index in [1.807, 2.05) is 55.6 Å². The van der Waals surface area contributed by atoms with E-state index < -0.39 is 0 Å². The third-order valence-electron chi connectivity index (χ3n) is 5.63. The van der Waals surface area contributed by atoms with Gasteiger partial charge in [-0.1, -0.05) is 42.5 Å². The lowest BCUT2D eigenvalue weighted by molar-refractivity contribution is 0.306. The largest absolute Gasteiger partial charge is 0.489 e. The SMILES string of the molecule is Cc1nn2ccc(OCc3ccccc3)cc2c1-c1nc(-c2ccccc2F)c(-c2ncn[nH]2)s1. The molecular weight excluding hydrogens is 463 g/mol. The number of aromatic amines is 1. The van der Waals surface area contributed by atoms with Crippen LogP contribution in [0.2, 0.25) is 0 Å². The summed E-state index contributed by atoms with van der Waals surface area (Å²) >= 11 is 1.42. The molecule has 0 amide bonds. The minimum Gasteiger partial charge on any atom is -0.489 e. The van der Waals surface area contributed by atoms with Crippen LogP contribution in [0.4, 0.5) is 4.39 Å². The van der Waals surface area contributed by atoms with E-state index in [1.54, 1.807) is 22.7 Å². The summed E-state index contributed by atoms with van der Waals surface area (Å²) in [5, 5.41) is 12.2. The van der Waals surface area contributed by atoms with Crippen molar-refractivity contribution in [1.82, 2.24) is 29.8 Å². The zero-order valence-electron chi connectivity index (χ0n) is 18.6. The van der Waals surface area contributed by atoms with E-state index >= 15 is 0 Å². The molecule has 0 radical (unpaired) electrons. The third-order valence-corrected chi connectivity index (χ3v) is 6.71. The number of rotatable bonds is 6. The van der Waals surface area contributed by atoms with Gasteiger partial charge in [-0.3, -0.25) is 5.10 Å². The molecule has 35 heavy (non-hydrogen) atoms. The number of hydrogen-bond donors (Lipinski definition) is 1. The number of hydrogen-bond acceptors (Lipinski definition) is 6. The first kappa shape index (κ1) is 21.2. The van der Waals surface area contributed by atoms with E-state index in [1.165, 1.54) is 23.7 Å². The first-order valence-electron chi connectivity index (χ1n) is 10.9. The zero-order valence-corrected chi connectivity index (χ0v) is 19.5. The summed E-state index contributed by atoms with van der Waals surface area (Å²) in [6.45, 7) is 2.40. The van der Waals surface area contributed by atoms with Crippen molar-refractivity contribution in [2.45, 2.75) is 13.5 Å². The highest BCUT2D eigenvalue weighted by atomic mass is 32.1. The quantitative estimate of drug-likeness (QED) is 0.318. The van der Waals surface area contributed by atoms with Gasteiger partial charge in [0.2, 0.25) is 0 Å². The van der Waals surface area contributed by atoms with Gasteiger partial charge in [-0.25, -0.2) is 18.9 Å². The van der Waals surface area contributed by atoms with Crippen LogP contribution < -0.4 is 4.74 Å². The van der Waals surface area contributed by atoms with Crippen molar-refractivity contribution < 1.29 is 9.13 Å². The average Bonchev–Trinajstić information content (AvgIpc) is 3.61. The number of pyridine rings is 1. The molecule has 9 heteroatoms. The lowest BCUT2D eigenvalue weighted by Crippen LogP contribution is -1.96. The lowest BCUT2D eigenvalue weighted by Gasteiger charge is -2.07. The Morgan fingerprint density at radius 3 is 2.69 bits per heavy atom. The molecule has 6 aromatic rings. The Kier molecular flexibility index (Phi) is 5.31. The number of benzene rings is 2. The number of halogens is 1. The Morgan fingerprint density at radius 1 is 1.06 bits per heavy atom. The second-order valence-corrected chi connectivity index (χ2v) is 8.94. The van der Waals surface area contributed by atoms with Crippen molar-refractivity contribution in [3.05, 3.63) is 96.3 Å². The fraction of sp³-hybridized carbons (Fsp3) is 0.0769. The summed E-state index contributed by atoms with van der Waals surface area (Å²) in [5.74, 6) is 0.912. The van der Waals surface area contributed by atoms with Crippen LogP contribution in [0, 0.1) is 12.7 Å². The van der Waals surface area contributed by atoms with Crippen molar-refractivity contribution in [3.63, 3.8) is 0 Å². The Hall–Kier alpha value is -4.37. The zero-order chi connectivity index (χ0) is 23.8. The number of H-pyrrole nitrogens is 1. The maximum Gasteiger partial charge on any atom is 0.167 e. The highest BCUT2D eigenvalue weighted by Gasteiger charge is 2.23. The first-order valence-corrected chi connectivity index (χ1v) is 11.8. The Balaban J connectivity index is 1.45. The molecule has 1 N–H and O–H groups in total. The highest BCUT2D eigenvalue weighted by molar-refractivity contribution is 7.19. The summed E-state index contributed by atoms with van der Waals surface area (Å²) in [6, 6.07) is 20.4. The van der Waals surface area contributed by atoms with E-state index in [-0.39, 0.29) is 5.82 Å². The van der Waals surface area contributed by atoms with Gasteiger partial charge in [0.05, 0.1) is 27.3 Å². The molecule has 0 fully saturated rings. The second kappa shape index (κ2) is 8.77. The molecule has 0 atom stereocenters. The first-order chi connectivity index (χ1) is 17.2. The fourth-order valence-electron chi connectivity index (χ4n) is 3.98. The summed E-state index contributed by atoms with van der Waals surface area (Å²) < 4.78 is 22.6. The van der Waals surface area contributed by atoms with Crippen molar-refractivity contribution in [2.24, 2.45) is 0 Å². The van der Waals surface area contributed by atoms with Crippen LogP contribution in [-0.4, -0.2) is 29.8 Å². The summed E-state index contributed by atoms with van der Waals surface area (Å²) in [7, 11) is 0. The minimum atomic E-state index is -0.349. The molecule has 2 aromatic carbocycles. The van der Waals surface area contributed by atoms with Crippen LogP contribution in [0.1, 0.15) is 11.3 Å². The highest BCUT2D eigenvalue weighted by Crippen LogP contribution is 2.42. The van der Waals surface area contributed by atoms with Crippen LogP contribution >= 0.6 is 11.3 Å². The van der Waals surface area contributed by atoms with Crippen molar-refractivity contribution in [2.75, 3.05) is 0 Å². The molecular formula is C26H19FN6OS. The van der Waals surface area contributed by atoms with E-state index in [9.17, 15) is 4.39 Å². The van der Waals surface area contributed by atoms with Gasteiger partial charge in [0.15, 0.2) is 5.82 Å².